The van der Waals surface area contributed by atoms with Crippen LogP contribution in [0, 0.1) is 13.8 Å². The molecule has 0 N–H and O–H groups in total. The van der Waals surface area contributed by atoms with Crippen LogP contribution in [0.15, 0.2) is 73.3 Å². The summed E-state index contributed by atoms with van der Waals surface area (Å²) in [6.07, 6.45) is 2.48. The van der Waals surface area contributed by atoms with E-state index in [1.54, 1.807) is 30.3 Å². The Morgan fingerprint density at radius 1 is 0.763 bits per heavy atom. The number of aryl methyl sites for hydroxylation is 2. The molecule has 3 rings (SSSR count). The monoisotopic (exact) mass is 518 g/mol. The number of methoxy groups -OCH3 is 1. The topological polar surface area (TPSA) is 97.4 Å². The van der Waals surface area contributed by atoms with Crippen LogP contribution in [-0.2, 0) is 9.53 Å². The summed E-state index contributed by atoms with van der Waals surface area (Å²) in [5.41, 5.74) is 2.39. The number of hydrogen-bond donors (Lipinski definition) is 0. The molecule has 0 amide bonds. The largest absolute Gasteiger partial charge is 0.493 e. The van der Waals surface area contributed by atoms with E-state index in [4.69, 9.17) is 23.7 Å². The van der Waals surface area contributed by atoms with Crippen LogP contribution in [0.5, 0.6) is 23.0 Å². The fourth-order valence-corrected chi connectivity index (χ4v) is 3.37. The number of carbonyl (C=O) groups excluding carboxylic acids is 3. The molecule has 0 aromatic heterocycles. The minimum Gasteiger partial charge on any atom is -0.493 e. The summed E-state index contributed by atoms with van der Waals surface area (Å²) >= 11 is 0. The van der Waals surface area contributed by atoms with Crippen LogP contribution in [0.3, 0.4) is 0 Å². The fraction of sp³-hybridized carbons (Fsp3) is 0.233. The molecule has 198 valence electrons. The molecule has 3 aromatic carbocycles. The molecule has 3 aromatic rings. The predicted octanol–water partition coefficient (Wildman–Crippen LogP) is 5.64. The first-order valence-corrected chi connectivity index (χ1v) is 12.0. The van der Waals surface area contributed by atoms with Gasteiger partial charge in [-0.05, 0) is 80.8 Å². The Hall–Kier alpha value is -4.59. The smallest absolute Gasteiger partial charge is 0.343 e. The van der Waals surface area contributed by atoms with Crippen LogP contribution in [0.1, 0.15) is 44.7 Å². The molecular formula is C30H30O8. The molecule has 0 atom stereocenters. The molecular weight excluding hydrogens is 488 g/mol. The van der Waals surface area contributed by atoms with Gasteiger partial charge >= 0.3 is 17.9 Å². The Morgan fingerprint density at radius 3 is 2.05 bits per heavy atom. The Bertz CT molecular complexity index is 1290. The zero-order chi connectivity index (χ0) is 27.5. The lowest BCUT2D eigenvalue weighted by Gasteiger charge is -2.13. The van der Waals surface area contributed by atoms with Crippen molar-refractivity contribution in [3.05, 3.63) is 95.6 Å². The van der Waals surface area contributed by atoms with Gasteiger partial charge in [-0.25, -0.2) is 14.4 Å². The number of ether oxygens (including phenoxy) is 5. The van der Waals surface area contributed by atoms with E-state index in [2.05, 4.69) is 6.58 Å². The van der Waals surface area contributed by atoms with Crippen LogP contribution >= 0.6 is 0 Å². The van der Waals surface area contributed by atoms with Crippen LogP contribution in [0.25, 0.3) is 0 Å². The molecule has 0 fully saturated rings. The third-order valence-electron chi connectivity index (χ3n) is 5.45. The Balaban J connectivity index is 1.57. The maximum atomic E-state index is 12.8. The minimum atomic E-state index is -0.586. The number of carbonyl (C=O) groups is 3. The fourth-order valence-electron chi connectivity index (χ4n) is 3.37. The quantitative estimate of drug-likeness (QED) is 0.132. The maximum Gasteiger partial charge on any atom is 0.343 e. The van der Waals surface area contributed by atoms with Gasteiger partial charge in [0.25, 0.3) is 0 Å². The normalized spacial score (nSPS) is 10.3. The molecule has 0 aliphatic heterocycles. The molecule has 8 heteroatoms. The van der Waals surface area contributed by atoms with E-state index in [1.165, 1.54) is 25.3 Å². The van der Waals surface area contributed by atoms with Gasteiger partial charge in [0.05, 0.1) is 31.5 Å². The maximum absolute atomic E-state index is 12.8. The van der Waals surface area contributed by atoms with Crippen molar-refractivity contribution in [3.63, 3.8) is 0 Å². The second-order valence-corrected chi connectivity index (χ2v) is 8.37. The van der Waals surface area contributed by atoms with Gasteiger partial charge in [0, 0.05) is 6.08 Å². The van der Waals surface area contributed by atoms with Gasteiger partial charge in [0.2, 0.25) is 0 Å². The number of benzene rings is 3. The van der Waals surface area contributed by atoms with Crippen molar-refractivity contribution >= 4 is 17.9 Å². The first kappa shape index (κ1) is 28.0. The van der Waals surface area contributed by atoms with Gasteiger partial charge in [-0.2, -0.15) is 0 Å². The third-order valence-corrected chi connectivity index (χ3v) is 5.45. The van der Waals surface area contributed by atoms with E-state index in [0.717, 1.165) is 17.2 Å². The van der Waals surface area contributed by atoms with Crippen molar-refractivity contribution in [2.24, 2.45) is 0 Å². The first-order valence-electron chi connectivity index (χ1n) is 12.0. The summed E-state index contributed by atoms with van der Waals surface area (Å²) in [5, 5.41) is 0. The highest BCUT2D eigenvalue weighted by molar-refractivity contribution is 5.93. The standard InChI is InChI=1S/C30H30O8/c1-5-28(31)36-17-7-6-16-35-25-14-10-22(18-21(25)3)30(33)38-26-15-11-23(19-27(26)34-4)29(32)37-24-12-8-20(2)9-13-24/h5,8-15,18-19H,1,6-7,16-17H2,2-4H3. The molecule has 0 radical (unpaired) electrons. The lowest BCUT2D eigenvalue weighted by Crippen LogP contribution is -2.12. The number of rotatable bonds is 12. The lowest BCUT2D eigenvalue weighted by atomic mass is 10.1. The summed E-state index contributed by atoms with van der Waals surface area (Å²) in [7, 11) is 1.42. The molecule has 0 bridgehead atoms. The summed E-state index contributed by atoms with van der Waals surface area (Å²) < 4.78 is 27.0. The van der Waals surface area contributed by atoms with Crippen molar-refractivity contribution in [1.29, 1.82) is 0 Å². The highest BCUT2D eigenvalue weighted by atomic mass is 16.6. The van der Waals surface area contributed by atoms with Crippen LogP contribution < -0.4 is 18.9 Å². The van der Waals surface area contributed by atoms with Crippen molar-refractivity contribution in [1.82, 2.24) is 0 Å². The molecule has 38 heavy (non-hydrogen) atoms. The number of unbranched alkanes of at least 4 members (excludes halogenated alkanes) is 1. The van der Waals surface area contributed by atoms with Crippen LogP contribution in [0.4, 0.5) is 0 Å². The molecule has 0 spiro atoms. The van der Waals surface area contributed by atoms with Gasteiger partial charge in [-0.15, -0.1) is 0 Å². The van der Waals surface area contributed by atoms with Crippen molar-refractivity contribution in [3.8, 4) is 23.0 Å². The Kier molecular flexibility index (Phi) is 10.0. The predicted molar refractivity (Wildman–Crippen MR) is 141 cm³/mol. The lowest BCUT2D eigenvalue weighted by molar-refractivity contribution is -0.137. The van der Waals surface area contributed by atoms with E-state index < -0.39 is 17.9 Å². The highest BCUT2D eigenvalue weighted by Crippen LogP contribution is 2.30. The molecule has 0 unspecified atom stereocenters. The van der Waals surface area contributed by atoms with Crippen molar-refractivity contribution in [2.75, 3.05) is 20.3 Å². The first-order chi connectivity index (χ1) is 18.3. The summed E-state index contributed by atoms with van der Waals surface area (Å²) in [6.45, 7) is 7.85. The summed E-state index contributed by atoms with van der Waals surface area (Å²) in [5.74, 6) is -0.151. The SMILES string of the molecule is C=CC(=O)OCCCCOc1ccc(C(=O)Oc2ccc(C(=O)Oc3ccc(C)cc3)cc2OC)cc1C. The van der Waals surface area contributed by atoms with Crippen molar-refractivity contribution < 1.29 is 38.1 Å². The van der Waals surface area contributed by atoms with Crippen LogP contribution in [0.2, 0.25) is 0 Å². The van der Waals surface area contributed by atoms with Crippen molar-refractivity contribution in [2.45, 2.75) is 26.7 Å². The van der Waals surface area contributed by atoms with Gasteiger partial charge in [-0.1, -0.05) is 24.3 Å². The second-order valence-electron chi connectivity index (χ2n) is 8.37. The van der Waals surface area contributed by atoms with E-state index in [-0.39, 0.29) is 17.1 Å². The molecule has 0 aliphatic rings. The molecule has 0 heterocycles. The molecule has 0 aliphatic carbocycles. The zero-order valence-corrected chi connectivity index (χ0v) is 21.7. The van der Waals surface area contributed by atoms with E-state index in [9.17, 15) is 14.4 Å². The molecule has 0 saturated carbocycles. The van der Waals surface area contributed by atoms with Gasteiger partial charge in [0.15, 0.2) is 11.5 Å². The molecule has 8 nitrogen and oxygen atoms in total. The number of hydrogen-bond acceptors (Lipinski definition) is 8. The summed E-state index contributed by atoms with van der Waals surface area (Å²) in [6, 6.07) is 16.5. The van der Waals surface area contributed by atoms with Crippen LogP contribution in [-0.4, -0.2) is 38.2 Å². The number of esters is 3. The Labute approximate surface area is 221 Å². The third kappa shape index (κ3) is 7.96. The minimum absolute atomic E-state index is 0.166. The average Bonchev–Trinajstić information content (AvgIpc) is 2.92. The van der Waals surface area contributed by atoms with Gasteiger partial charge < -0.3 is 23.7 Å². The average molecular weight is 519 g/mol. The van der Waals surface area contributed by atoms with Gasteiger partial charge in [0.1, 0.15) is 11.5 Å². The second kappa shape index (κ2) is 13.6. The summed E-state index contributed by atoms with van der Waals surface area (Å²) in [4.78, 5) is 36.3. The van der Waals surface area contributed by atoms with Gasteiger partial charge in [-0.3, -0.25) is 0 Å². The zero-order valence-electron chi connectivity index (χ0n) is 21.7. The highest BCUT2D eigenvalue weighted by Gasteiger charge is 2.17. The van der Waals surface area contributed by atoms with E-state index in [1.807, 2.05) is 26.0 Å². The van der Waals surface area contributed by atoms with E-state index in [0.29, 0.717) is 43.1 Å². The molecule has 0 saturated heterocycles. The van der Waals surface area contributed by atoms with E-state index >= 15 is 0 Å². The Morgan fingerprint density at radius 2 is 1.39 bits per heavy atom.